The Kier molecular flexibility index (Phi) is 3.08. The molecule has 114 valence electrons. The summed E-state index contributed by atoms with van der Waals surface area (Å²) in [7, 11) is 0. The number of alkyl carbamates (subject to hydrolysis) is 1. The lowest BCUT2D eigenvalue weighted by molar-refractivity contribution is 0.138. The van der Waals surface area contributed by atoms with E-state index in [4.69, 9.17) is 10.00 Å². The molecular formula is C16H13N5O2. The molecular weight excluding hydrogens is 294 g/mol. The van der Waals surface area contributed by atoms with Crippen molar-refractivity contribution < 1.29 is 9.53 Å². The van der Waals surface area contributed by atoms with Gasteiger partial charge in [-0.2, -0.15) is 5.26 Å². The Balaban J connectivity index is 1.62. The van der Waals surface area contributed by atoms with E-state index in [2.05, 4.69) is 26.3 Å². The van der Waals surface area contributed by atoms with Crippen molar-refractivity contribution in [3.8, 4) is 6.07 Å². The third kappa shape index (κ3) is 2.66. The number of nitrogens with one attached hydrogen (secondary N) is 2. The predicted octanol–water partition coefficient (Wildman–Crippen LogP) is 2.37. The zero-order valence-corrected chi connectivity index (χ0v) is 12.2. The van der Waals surface area contributed by atoms with Crippen LogP contribution >= 0.6 is 0 Å². The van der Waals surface area contributed by atoms with Crippen LogP contribution in [0.3, 0.4) is 0 Å². The van der Waals surface area contributed by atoms with Gasteiger partial charge in [0.15, 0.2) is 0 Å². The van der Waals surface area contributed by atoms with Gasteiger partial charge in [-0.1, -0.05) is 0 Å². The van der Waals surface area contributed by atoms with Crippen molar-refractivity contribution in [2.24, 2.45) is 0 Å². The summed E-state index contributed by atoms with van der Waals surface area (Å²) >= 11 is 0. The molecule has 1 aliphatic carbocycles. The molecule has 2 heterocycles. The van der Waals surface area contributed by atoms with Gasteiger partial charge in [0.1, 0.15) is 17.4 Å². The molecule has 1 amide bonds. The molecule has 7 nitrogen and oxygen atoms in total. The number of nitriles is 1. The SMILES string of the molecule is N#Cc1ccc2ncc3nc(CNC(=O)OC4CC4)[nH]c3c2c1. The maximum atomic E-state index is 11.6. The number of benzene rings is 1. The van der Waals surface area contributed by atoms with E-state index in [1.807, 2.05) is 0 Å². The highest BCUT2D eigenvalue weighted by Crippen LogP contribution is 2.24. The first-order chi connectivity index (χ1) is 11.2. The number of H-pyrrole nitrogens is 1. The van der Waals surface area contributed by atoms with E-state index in [-0.39, 0.29) is 12.6 Å². The number of aromatic nitrogens is 3. The first-order valence-electron chi connectivity index (χ1n) is 7.35. The van der Waals surface area contributed by atoms with Crippen LogP contribution in [0, 0.1) is 11.3 Å². The predicted molar refractivity (Wildman–Crippen MR) is 82.5 cm³/mol. The summed E-state index contributed by atoms with van der Waals surface area (Å²) < 4.78 is 5.12. The summed E-state index contributed by atoms with van der Waals surface area (Å²) in [6, 6.07) is 7.43. The average molecular weight is 307 g/mol. The van der Waals surface area contributed by atoms with E-state index >= 15 is 0 Å². The lowest BCUT2D eigenvalue weighted by Crippen LogP contribution is -2.24. The Morgan fingerprint density at radius 2 is 2.30 bits per heavy atom. The van der Waals surface area contributed by atoms with Crippen LogP contribution < -0.4 is 5.32 Å². The zero-order valence-electron chi connectivity index (χ0n) is 12.2. The number of amides is 1. The van der Waals surface area contributed by atoms with Gasteiger partial charge in [-0.15, -0.1) is 0 Å². The molecule has 1 aliphatic rings. The van der Waals surface area contributed by atoms with Crippen molar-refractivity contribution in [1.82, 2.24) is 20.3 Å². The van der Waals surface area contributed by atoms with Gasteiger partial charge < -0.3 is 15.0 Å². The van der Waals surface area contributed by atoms with Crippen LogP contribution in [0.1, 0.15) is 24.2 Å². The molecule has 4 rings (SSSR count). The lowest BCUT2D eigenvalue weighted by Gasteiger charge is -2.03. The van der Waals surface area contributed by atoms with Crippen molar-refractivity contribution >= 4 is 28.0 Å². The molecule has 0 radical (unpaired) electrons. The molecule has 0 atom stereocenters. The number of fused-ring (bicyclic) bond motifs is 3. The molecule has 2 N–H and O–H groups in total. The topological polar surface area (TPSA) is 104 Å². The van der Waals surface area contributed by atoms with Crippen molar-refractivity contribution in [1.29, 1.82) is 5.26 Å². The molecule has 0 bridgehead atoms. The Hall–Kier alpha value is -3.14. The molecule has 0 spiro atoms. The van der Waals surface area contributed by atoms with Crippen LogP contribution in [-0.2, 0) is 11.3 Å². The van der Waals surface area contributed by atoms with Gasteiger partial charge >= 0.3 is 6.09 Å². The molecule has 23 heavy (non-hydrogen) atoms. The molecule has 1 aromatic carbocycles. The van der Waals surface area contributed by atoms with E-state index in [0.29, 0.717) is 16.9 Å². The Bertz CT molecular complexity index is 952. The largest absolute Gasteiger partial charge is 0.446 e. The van der Waals surface area contributed by atoms with Crippen molar-refractivity contribution in [3.63, 3.8) is 0 Å². The standard InChI is InChI=1S/C16H13N5O2/c17-6-9-1-4-12-11(5-9)15-13(7-18-12)20-14(21-15)8-19-16(22)23-10-2-3-10/h1,4-5,7,10H,2-3,8H2,(H,19,22)(H,20,21). The van der Waals surface area contributed by atoms with Crippen LogP contribution in [-0.4, -0.2) is 27.1 Å². The Morgan fingerprint density at radius 1 is 1.43 bits per heavy atom. The second-order valence-electron chi connectivity index (χ2n) is 5.50. The van der Waals surface area contributed by atoms with Gasteiger partial charge in [-0.3, -0.25) is 4.98 Å². The van der Waals surface area contributed by atoms with E-state index in [1.165, 1.54) is 0 Å². The van der Waals surface area contributed by atoms with Gasteiger partial charge in [0.2, 0.25) is 0 Å². The Labute approximate surface area is 131 Å². The lowest BCUT2D eigenvalue weighted by atomic mass is 10.1. The number of ether oxygens (including phenoxy) is 1. The highest BCUT2D eigenvalue weighted by molar-refractivity contribution is 6.02. The maximum Gasteiger partial charge on any atom is 0.407 e. The second-order valence-corrected chi connectivity index (χ2v) is 5.50. The quantitative estimate of drug-likeness (QED) is 0.773. The number of aromatic amines is 1. The molecule has 0 unspecified atom stereocenters. The molecule has 1 fully saturated rings. The molecule has 0 aliphatic heterocycles. The van der Waals surface area contributed by atoms with Crippen LogP contribution in [0.2, 0.25) is 0 Å². The smallest absolute Gasteiger partial charge is 0.407 e. The minimum Gasteiger partial charge on any atom is -0.446 e. The maximum absolute atomic E-state index is 11.6. The third-order valence-electron chi connectivity index (χ3n) is 3.70. The van der Waals surface area contributed by atoms with E-state index < -0.39 is 6.09 Å². The van der Waals surface area contributed by atoms with Crippen molar-refractivity contribution in [3.05, 3.63) is 35.8 Å². The summed E-state index contributed by atoms with van der Waals surface area (Å²) in [5, 5.41) is 12.5. The van der Waals surface area contributed by atoms with Gasteiger partial charge in [0, 0.05) is 5.39 Å². The fraction of sp³-hybridized carbons (Fsp3) is 0.250. The van der Waals surface area contributed by atoms with Gasteiger partial charge in [0.05, 0.1) is 35.4 Å². The molecule has 2 aromatic heterocycles. The molecule has 7 heteroatoms. The van der Waals surface area contributed by atoms with Crippen LogP contribution in [0.4, 0.5) is 4.79 Å². The van der Waals surface area contributed by atoms with Gasteiger partial charge in [-0.25, -0.2) is 9.78 Å². The zero-order chi connectivity index (χ0) is 15.8. The highest BCUT2D eigenvalue weighted by Gasteiger charge is 2.25. The summed E-state index contributed by atoms with van der Waals surface area (Å²) in [5.74, 6) is 0.615. The van der Waals surface area contributed by atoms with Gasteiger partial charge in [0.25, 0.3) is 0 Å². The number of nitrogens with zero attached hydrogens (tertiary/aromatic N) is 3. The van der Waals surface area contributed by atoms with E-state index in [9.17, 15) is 4.79 Å². The first-order valence-corrected chi connectivity index (χ1v) is 7.35. The number of carbonyl (C=O) groups excluding carboxylic acids is 1. The number of hydrogen-bond donors (Lipinski definition) is 2. The second kappa shape index (κ2) is 5.25. The first kappa shape index (κ1) is 13.5. The average Bonchev–Trinajstić information content (AvgIpc) is 3.27. The fourth-order valence-electron chi connectivity index (χ4n) is 2.40. The highest BCUT2D eigenvalue weighted by atomic mass is 16.6. The number of rotatable bonds is 3. The van der Waals surface area contributed by atoms with E-state index in [1.54, 1.807) is 24.4 Å². The number of hydrogen-bond acceptors (Lipinski definition) is 5. The summed E-state index contributed by atoms with van der Waals surface area (Å²) in [6.45, 7) is 0.250. The molecule has 0 saturated heterocycles. The summed E-state index contributed by atoms with van der Waals surface area (Å²) in [6.07, 6.45) is 3.20. The monoisotopic (exact) mass is 307 g/mol. The summed E-state index contributed by atoms with van der Waals surface area (Å²) in [4.78, 5) is 23.5. The van der Waals surface area contributed by atoms with Crippen LogP contribution in [0.25, 0.3) is 21.9 Å². The summed E-state index contributed by atoms with van der Waals surface area (Å²) in [5.41, 5.74) is 2.85. The number of carbonyl (C=O) groups is 1. The normalized spacial score (nSPS) is 13.9. The third-order valence-corrected chi connectivity index (χ3v) is 3.70. The minimum absolute atomic E-state index is 0.0724. The minimum atomic E-state index is -0.428. The fourth-order valence-corrected chi connectivity index (χ4v) is 2.40. The Morgan fingerprint density at radius 3 is 3.09 bits per heavy atom. The van der Waals surface area contributed by atoms with Crippen LogP contribution in [0.15, 0.2) is 24.4 Å². The van der Waals surface area contributed by atoms with Crippen molar-refractivity contribution in [2.45, 2.75) is 25.5 Å². The van der Waals surface area contributed by atoms with Crippen LogP contribution in [0.5, 0.6) is 0 Å². The van der Waals surface area contributed by atoms with Crippen molar-refractivity contribution in [2.75, 3.05) is 0 Å². The molecule has 3 aromatic rings. The van der Waals surface area contributed by atoms with Gasteiger partial charge in [-0.05, 0) is 31.0 Å². The molecule has 1 saturated carbocycles. The van der Waals surface area contributed by atoms with E-state index in [0.717, 1.165) is 29.3 Å². The number of pyridine rings is 1. The number of imidazole rings is 1.